The molecule has 0 bridgehead atoms. The molecule has 28 heavy (non-hydrogen) atoms. The van der Waals surface area contributed by atoms with Crippen LogP contribution in [0.4, 0.5) is 0 Å². The largest absolute Gasteiger partial charge is 0.494 e. The number of carbonyl (C=O) groups excluding carboxylic acids is 2. The van der Waals surface area contributed by atoms with Gasteiger partial charge in [-0.1, -0.05) is 19.1 Å². The maximum absolute atomic E-state index is 12.5. The summed E-state index contributed by atoms with van der Waals surface area (Å²) in [5.41, 5.74) is 1.93. The van der Waals surface area contributed by atoms with Crippen molar-refractivity contribution in [2.24, 2.45) is 0 Å². The van der Waals surface area contributed by atoms with Gasteiger partial charge in [-0.25, -0.2) is 4.68 Å². The number of nitrogens with one attached hydrogen (secondary N) is 1. The summed E-state index contributed by atoms with van der Waals surface area (Å²) in [4.78, 5) is 28.9. The minimum absolute atomic E-state index is 0.0377. The van der Waals surface area contributed by atoms with Gasteiger partial charge in [-0.3, -0.25) is 14.5 Å². The number of ether oxygens (including phenoxy) is 1. The van der Waals surface area contributed by atoms with Crippen molar-refractivity contribution >= 4 is 11.8 Å². The molecule has 0 spiro atoms. The summed E-state index contributed by atoms with van der Waals surface area (Å²) in [6, 6.07) is 6.93. The van der Waals surface area contributed by atoms with E-state index in [4.69, 9.17) is 4.74 Å². The molecule has 2 aliphatic heterocycles. The van der Waals surface area contributed by atoms with E-state index in [-0.39, 0.29) is 17.9 Å². The molecule has 2 saturated heterocycles. The molecule has 2 fully saturated rings. The van der Waals surface area contributed by atoms with Crippen molar-refractivity contribution < 1.29 is 14.3 Å². The third-order valence-corrected chi connectivity index (χ3v) is 5.45. The second-order valence-corrected chi connectivity index (χ2v) is 7.22. The highest BCUT2D eigenvalue weighted by molar-refractivity contribution is 5.97. The first-order valence-corrected chi connectivity index (χ1v) is 9.61. The van der Waals surface area contributed by atoms with Crippen molar-refractivity contribution in [2.45, 2.75) is 32.0 Å². The molecule has 0 radical (unpaired) electrons. The van der Waals surface area contributed by atoms with Gasteiger partial charge in [-0.2, -0.15) is 5.10 Å². The van der Waals surface area contributed by atoms with Crippen LogP contribution in [0.5, 0.6) is 5.75 Å². The summed E-state index contributed by atoms with van der Waals surface area (Å²) in [6.07, 6.45) is 4.43. The molecule has 1 aromatic heterocycles. The van der Waals surface area contributed by atoms with E-state index in [1.807, 2.05) is 43.6 Å². The van der Waals surface area contributed by atoms with E-state index in [0.717, 1.165) is 23.5 Å². The van der Waals surface area contributed by atoms with Crippen molar-refractivity contribution in [3.05, 3.63) is 42.2 Å². The zero-order chi connectivity index (χ0) is 19.7. The fourth-order valence-corrected chi connectivity index (χ4v) is 3.93. The monoisotopic (exact) mass is 383 g/mol. The molecule has 2 aliphatic rings. The fraction of sp³-hybridized carbons (Fsp3) is 0.450. The molecular formula is C20H25N5O3. The molecular weight excluding hydrogens is 358 g/mol. The Bertz CT molecular complexity index is 880. The molecule has 1 aromatic carbocycles. The number of nitrogens with zero attached hydrogens (tertiary/aromatic N) is 4. The van der Waals surface area contributed by atoms with E-state index in [2.05, 4.69) is 15.3 Å². The van der Waals surface area contributed by atoms with Crippen molar-refractivity contribution in [1.29, 1.82) is 0 Å². The van der Waals surface area contributed by atoms with Gasteiger partial charge in [-0.05, 0) is 18.6 Å². The van der Waals surface area contributed by atoms with Crippen molar-refractivity contribution in [2.75, 3.05) is 26.7 Å². The lowest BCUT2D eigenvalue weighted by Crippen LogP contribution is -2.68. The lowest BCUT2D eigenvalue weighted by molar-refractivity contribution is -0.153. The molecule has 2 amide bonds. The Morgan fingerprint density at radius 2 is 2.07 bits per heavy atom. The Balaban J connectivity index is 1.45. The van der Waals surface area contributed by atoms with Crippen molar-refractivity contribution in [1.82, 2.24) is 24.9 Å². The van der Waals surface area contributed by atoms with E-state index in [1.54, 1.807) is 16.7 Å². The number of para-hydroxylation sites is 2. The average molecular weight is 383 g/mol. The quantitative estimate of drug-likeness (QED) is 0.826. The number of aromatic nitrogens is 2. The Morgan fingerprint density at radius 3 is 2.86 bits per heavy atom. The number of hydrogen-bond acceptors (Lipinski definition) is 5. The number of carbonyl (C=O) groups is 2. The van der Waals surface area contributed by atoms with E-state index in [1.165, 1.54) is 0 Å². The summed E-state index contributed by atoms with van der Waals surface area (Å²) in [7, 11) is 1.64. The molecule has 0 unspecified atom stereocenters. The zero-order valence-electron chi connectivity index (χ0n) is 16.2. The number of rotatable bonds is 5. The van der Waals surface area contributed by atoms with Gasteiger partial charge in [0.25, 0.3) is 0 Å². The predicted octanol–water partition coefficient (Wildman–Crippen LogP) is 0.802. The minimum Gasteiger partial charge on any atom is -0.494 e. The maximum atomic E-state index is 12.5. The molecule has 2 aromatic rings. The van der Waals surface area contributed by atoms with Gasteiger partial charge in [0.15, 0.2) is 0 Å². The van der Waals surface area contributed by atoms with Gasteiger partial charge in [0, 0.05) is 37.9 Å². The van der Waals surface area contributed by atoms with E-state index in [9.17, 15) is 9.59 Å². The van der Waals surface area contributed by atoms with Crippen LogP contribution in [0.25, 0.3) is 5.69 Å². The number of amides is 2. The summed E-state index contributed by atoms with van der Waals surface area (Å²) in [6.45, 7) is 4.45. The Kier molecular flexibility index (Phi) is 5.04. The highest BCUT2D eigenvalue weighted by atomic mass is 16.5. The van der Waals surface area contributed by atoms with Gasteiger partial charge in [-0.15, -0.1) is 0 Å². The van der Waals surface area contributed by atoms with Crippen LogP contribution in [0.1, 0.15) is 18.9 Å². The molecule has 1 N–H and O–H groups in total. The lowest BCUT2D eigenvalue weighted by Gasteiger charge is -2.45. The van der Waals surface area contributed by atoms with Crippen LogP contribution < -0.4 is 10.1 Å². The van der Waals surface area contributed by atoms with Crippen LogP contribution in [0.3, 0.4) is 0 Å². The highest BCUT2D eigenvalue weighted by Crippen LogP contribution is 2.23. The third kappa shape index (κ3) is 3.35. The first-order chi connectivity index (χ1) is 13.6. The van der Waals surface area contributed by atoms with Gasteiger partial charge >= 0.3 is 0 Å². The summed E-state index contributed by atoms with van der Waals surface area (Å²) in [5, 5.41) is 7.31. The standard InChI is InChI=1S/C20H25N5O3/c1-3-15-20(27)24-9-8-23(13-17(24)19(26)22-15)11-14-10-21-25(12-14)16-6-4-5-7-18(16)28-2/h4-7,10,12,15,17H,3,8-9,11,13H2,1-2H3,(H,22,26)/t15-,17+/m0/s1. The predicted molar refractivity (Wildman–Crippen MR) is 103 cm³/mol. The fourth-order valence-electron chi connectivity index (χ4n) is 3.93. The summed E-state index contributed by atoms with van der Waals surface area (Å²) >= 11 is 0. The first-order valence-electron chi connectivity index (χ1n) is 9.61. The molecule has 8 heteroatoms. The molecule has 0 aliphatic carbocycles. The SMILES string of the molecule is CC[C@@H]1NC(=O)[C@H]2CN(Cc3cnn(-c4ccccc4OC)c3)CCN2C1=O. The third-order valence-electron chi connectivity index (χ3n) is 5.45. The normalized spacial score (nSPS) is 22.7. The number of methoxy groups -OCH3 is 1. The van der Waals surface area contributed by atoms with E-state index < -0.39 is 6.04 Å². The molecule has 3 heterocycles. The number of fused-ring (bicyclic) bond motifs is 1. The summed E-state index contributed by atoms with van der Waals surface area (Å²) < 4.78 is 7.20. The average Bonchev–Trinajstić information content (AvgIpc) is 3.18. The van der Waals surface area contributed by atoms with Crippen molar-refractivity contribution in [3.63, 3.8) is 0 Å². The smallest absolute Gasteiger partial charge is 0.245 e. The summed E-state index contributed by atoms with van der Waals surface area (Å²) in [5.74, 6) is 0.741. The van der Waals surface area contributed by atoms with Crippen LogP contribution in [-0.2, 0) is 16.1 Å². The molecule has 2 atom stereocenters. The molecule has 4 rings (SSSR count). The second-order valence-electron chi connectivity index (χ2n) is 7.22. The van der Waals surface area contributed by atoms with Crippen LogP contribution in [0.15, 0.2) is 36.7 Å². The minimum atomic E-state index is -0.409. The van der Waals surface area contributed by atoms with Gasteiger partial charge in [0.05, 0.1) is 13.3 Å². The van der Waals surface area contributed by atoms with Crippen molar-refractivity contribution in [3.8, 4) is 11.4 Å². The number of piperazine rings is 2. The molecule has 8 nitrogen and oxygen atoms in total. The zero-order valence-corrected chi connectivity index (χ0v) is 16.2. The van der Waals surface area contributed by atoms with Gasteiger partial charge in [0.2, 0.25) is 11.8 Å². The van der Waals surface area contributed by atoms with E-state index >= 15 is 0 Å². The maximum Gasteiger partial charge on any atom is 0.245 e. The highest BCUT2D eigenvalue weighted by Gasteiger charge is 2.42. The van der Waals surface area contributed by atoms with Gasteiger partial charge < -0.3 is 15.0 Å². The Hall–Kier alpha value is -2.87. The second kappa shape index (κ2) is 7.63. The van der Waals surface area contributed by atoms with E-state index in [0.29, 0.717) is 26.1 Å². The van der Waals surface area contributed by atoms with Crippen LogP contribution >= 0.6 is 0 Å². The van der Waals surface area contributed by atoms with Crippen LogP contribution in [0.2, 0.25) is 0 Å². The molecule has 0 saturated carbocycles. The first kappa shape index (κ1) is 18.5. The Morgan fingerprint density at radius 1 is 1.25 bits per heavy atom. The number of hydrogen-bond donors (Lipinski definition) is 1. The van der Waals surface area contributed by atoms with Crippen LogP contribution in [0, 0.1) is 0 Å². The van der Waals surface area contributed by atoms with Gasteiger partial charge in [0.1, 0.15) is 23.5 Å². The molecule has 148 valence electrons. The lowest BCUT2D eigenvalue weighted by atomic mass is 10.0. The van der Waals surface area contributed by atoms with Crippen LogP contribution in [-0.4, -0.2) is 70.2 Å². The Labute approximate surface area is 164 Å². The topological polar surface area (TPSA) is 79.7 Å². The number of benzene rings is 1.